The molecular formula is C25H35N3O2. The van der Waals surface area contributed by atoms with Gasteiger partial charge in [-0.15, -0.1) is 0 Å². The average Bonchev–Trinajstić information content (AvgIpc) is 2.75. The van der Waals surface area contributed by atoms with Crippen LogP contribution >= 0.6 is 0 Å². The summed E-state index contributed by atoms with van der Waals surface area (Å²) in [5.41, 5.74) is 3.40. The minimum atomic E-state index is -0.388. The van der Waals surface area contributed by atoms with Crippen molar-refractivity contribution >= 4 is 11.8 Å². The number of unbranched alkanes of at least 4 members (excludes halogenated alkanes) is 2. The Morgan fingerprint density at radius 1 is 0.867 bits per heavy atom. The van der Waals surface area contributed by atoms with E-state index in [1.54, 1.807) is 0 Å². The predicted octanol–water partition coefficient (Wildman–Crippen LogP) is 3.69. The summed E-state index contributed by atoms with van der Waals surface area (Å²) in [5.74, 6) is -0.297. The van der Waals surface area contributed by atoms with Crippen LogP contribution in [0.25, 0.3) is 11.1 Å². The summed E-state index contributed by atoms with van der Waals surface area (Å²) in [6, 6.07) is 18.3. The van der Waals surface area contributed by atoms with Crippen LogP contribution in [0.3, 0.4) is 0 Å². The van der Waals surface area contributed by atoms with E-state index in [1.807, 2.05) is 32.0 Å². The number of carbonyl (C=O) groups excluding carboxylic acids is 2. The van der Waals surface area contributed by atoms with Crippen molar-refractivity contribution in [2.24, 2.45) is 0 Å². The van der Waals surface area contributed by atoms with Crippen LogP contribution in [0.2, 0.25) is 0 Å². The van der Waals surface area contributed by atoms with E-state index in [0.717, 1.165) is 30.4 Å². The Kier molecular flexibility index (Phi) is 10.1. The van der Waals surface area contributed by atoms with E-state index >= 15 is 0 Å². The molecule has 5 nitrogen and oxygen atoms in total. The molecule has 0 aliphatic rings. The fraction of sp³-hybridized carbons (Fsp3) is 0.440. The Morgan fingerprint density at radius 2 is 1.53 bits per heavy atom. The minimum Gasteiger partial charge on any atom is -0.355 e. The van der Waals surface area contributed by atoms with Gasteiger partial charge in [-0.2, -0.15) is 0 Å². The van der Waals surface area contributed by atoms with Crippen molar-refractivity contribution in [2.45, 2.75) is 58.5 Å². The first-order valence-corrected chi connectivity index (χ1v) is 10.9. The predicted molar refractivity (Wildman–Crippen MR) is 123 cm³/mol. The van der Waals surface area contributed by atoms with E-state index in [1.165, 1.54) is 5.56 Å². The van der Waals surface area contributed by atoms with Gasteiger partial charge in [0.15, 0.2) is 0 Å². The van der Waals surface area contributed by atoms with E-state index < -0.39 is 0 Å². The van der Waals surface area contributed by atoms with Gasteiger partial charge in [-0.1, -0.05) is 88.2 Å². The molecule has 0 bridgehead atoms. The summed E-state index contributed by atoms with van der Waals surface area (Å²) >= 11 is 0. The Bertz CT molecular complexity index is 773. The van der Waals surface area contributed by atoms with Crippen LogP contribution in [-0.2, 0) is 16.0 Å². The van der Waals surface area contributed by atoms with E-state index in [4.69, 9.17) is 0 Å². The third-order valence-corrected chi connectivity index (χ3v) is 4.88. The van der Waals surface area contributed by atoms with Crippen molar-refractivity contribution in [3.05, 3.63) is 60.2 Å². The summed E-state index contributed by atoms with van der Waals surface area (Å²) in [5, 5.41) is 8.94. The van der Waals surface area contributed by atoms with E-state index in [0.29, 0.717) is 13.0 Å². The lowest BCUT2D eigenvalue weighted by atomic mass is 10.00. The zero-order valence-electron chi connectivity index (χ0n) is 18.4. The molecule has 30 heavy (non-hydrogen) atoms. The highest BCUT2D eigenvalue weighted by Gasteiger charge is 2.20. The molecule has 3 N–H and O–H groups in total. The second kappa shape index (κ2) is 12.8. The molecule has 162 valence electrons. The van der Waals surface area contributed by atoms with Gasteiger partial charge in [-0.05, 0) is 29.5 Å². The van der Waals surface area contributed by atoms with Gasteiger partial charge >= 0.3 is 0 Å². The van der Waals surface area contributed by atoms with Crippen molar-refractivity contribution in [3.8, 4) is 11.1 Å². The van der Waals surface area contributed by atoms with E-state index in [2.05, 4.69) is 59.3 Å². The first-order valence-electron chi connectivity index (χ1n) is 10.9. The van der Waals surface area contributed by atoms with Gasteiger partial charge < -0.3 is 16.0 Å². The van der Waals surface area contributed by atoms with Crippen LogP contribution in [0.5, 0.6) is 0 Å². The quantitative estimate of drug-likeness (QED) is 0.468. The van der Waals surface area contributed by atoms with Gasteiger partial charge in [0, 0.05) is 12.6 Å². The Balaban J connectivity index is 1.91. The Morgan fingerprint density at radius 3 is 2.17 bits per heavy atom. The molecule has 2 amide bonds. The van der Waals surface area contributed by atoms with Crippen molar-refractivity contribution < 1.29 is 9.59 Å². The molecule has 2 aromatic carbocycles. The molecule has 0 unspecified atom stereocenters. The molecule has 0 spiro atoms. The largest absolute Gasteiger partial charge is 0.355 e. The lowest BCUT2D eigenvalue weighted by Crippen LogP contribution is -2.50. The number of rotatable bonds is 12. The van der Waals surface area contributed by atoms with Gasteiger partial charge in [-0.25, -0.2) is 0 Å². The number of nitrogens with one attached hydrogen (secondary N) is 3. The second-order valence-electron chi connectivity index (χ2n) is 7.92. The van der Waals surface area contributed by atoms with E-state index in [9.17, 15) is 9.59 Å². The summed E-state index contributed by atoms with van der Waals surface area (Å²) in [6.07, 6.45) is 3.74. The first-order chi connectivity index (χ1) is 14.5. The topological polar surface area (TPSA) is 70.2 Å². The Labute approximate surface area is 180 Å². The standard InChI is InChI=1S/C25H35N3O2/c1-4-5-9-16-26-24(29)18-27-25(30)23(28-19(2)3)17-20-12-14-22(15-13-20)21-10-7-6-8-11-21/h6-8,10-15,19,23,28H,4-5,9,16-18H2,1-3H3,(H,26,29)(H,27,30)/t23-/m0/s1. The second-order valence-corrected chi connectivity index (χ2v) is 7.92. The highest BCUT2D eigenvalue weighted by atomic mass is 16.2. The zero-order chi connectivity index (χ0) is 21.8. The highest BCUT2D eigenvalue weighted by Crippen LogP contribution is 2.19. The molecule has 0 saturated heterocycles. The molecular weight excluding hydrogens is 374 g/mol. The smallest absolute Gasteiger partial charge is 0.239 e. The molecule has 5 heteroatoms. The average molecular weight is 410 g/mol. The number of carbonyl (C=O) groups is 2. The molecule has 0 aromatic heterocycles. The fourth-order valence-corrected chi connectivity index (χ4v) is 3.29. The fourth-order valence-electron chi connectivity index (χ4n) is 3.29. The van der Waals surface area contributed by atoms with Gasteiger partial charge in [0.1, 0.15) is 0 Å². The van der Waals surface area contributed by atoms with E-state index in [-0.39, 0.29) is 30.4 Å². The molecule has 0 fully saturated rings. The molecule has 2 rings (SSSR count). The van der Waals surface area contributed by atoms with Crippen LogP contribution in [0, 0.1) is 0 Å². The maximum absolute atomic E-state index is 12.7. The van der Waals surface area contributed by atoms with Gasteiger partial charge in [-0.3, -0.25) is 9.59 Å². The molecule has 0 radical (unpaired) electrons. The summed E-state index contributed by atoms with van der Waals surface area (Å²) in [4.78, 5) is 24.6. The van der Waals surface area contributed by atoms with Gasteiger partial charge in [0.05, 0.1) is 12.6 Å². The van der Waals surface area contributed by atoms with Crippen LogP contribution in [0.1, 0.15) is 45.6 Å². The molecule has 2 aromatic rings. The monoisotopic (exact) mass is 409 g/mol. The molecule has 0 aliphatic carbocycles. The number of benzene rings is 2. The molecule has 0 saturated carbocycles. The SMILES string of the molecule is CCCCCNC(=O)CNC(=O)[C@H](Cc1ccc(-c2ccccc2)cc1)NC(C)C. The summed E-state index contributed by atoms with van der Waals surface area (Å²) in [6.45, 7) is 6.82. The normalized spacial score (nSPS) is 11.9. The van der Waals surface area contributed by atoms with Gasteiger partial charge in [0.2, 0.25) is 11.8 Å². The van der Waals surface area contributed by atoms with Crippen LogP contribution in [0.15, 0.2) is 54.6 Å². The lowest BCUT2D eigenvalue weighted by molar-refractivity contribution is -0.127. The number of amides is 2. The highest BCUT2D eigenvalue weighted by molar-refractivity contribution is 5.87. The summed E-state index contributed by atoms with van der Waals surface area (Å²) < 4.78 is 0. The number of hydrogen-bond donors (Lipinski definition) is 3. The lowest BCUT2D eigenvalue weighted by Gasteiger charge is -2.21. The molecule has 0 aliphatic heterocycles. The van der Waals surface area contributed by atoms with Crippen LogP contribution < -0.4 is 16.0 Å². The minimum absolute atomic E-state index is 0.00811. The number of hydrogen-bond acceptors (Lipinski definition) is 3. The maximum atomic E-state index is 12.7. The van der Waals surface area contributed by atoms with Gasteiger partial charge in [0.25, 0.3) is 0 Å². The summed E-state index contributed by atoms with van der Waals surface area (Å²) in [7, 11) is 0. The maximum Gasteiger partial charge on any atom is 0.239 e. The van der Waals surface area contributed by atoms with Crippen molar-refractivity contribution in [1.29, 1.82) is 0 Å². The zero-order valence-corrected chi connectivity index (χ0v) is 18.4. The third-order valence-electron chi connectivity index (χ3n) is 4.88. The Hall–Kier alpha value is -2.66. The van der Waals surface area contributed by atoms with Crippen molar-refractivity contribution in [2.75, 3.05) is 13.1 Å². The third kappa shape index (κ3) is 8.37. The van der Waals surface area contributed by atoms with Crippen molar-refractivity contribution in [1.82, 2.24) is 16.0 Å². The molecule has 0 heterocycles. The molecule has 1 atom stereocenters. The van der Waals surface area contributed by atoms with Crippen molar-refractivity contribution in [3.63, 3.8) is 0 Å². The first kappa shape index (κ1) is 23.6. The van der Waals surface area contributed by atoms with Crippen LogP contribution in [-0.4, -0.2) is 37.0 Å². The van der Waals surface area contributed by atoms with Crippen LogP contribution in [0.4, 0.5) is 0 Å².